The van der Waals surface area contributed by atoms with Gasteiger partial charge in [-0.1, -0.05) is 6.92 Å². The number of amides is 2. The molecule has 2 amide bonds. The van der Waals surface area contributed by atoms with Crippen molar-refractivity contribution < 1.29 is 18.0 Å². The van der Waals surface area contributed by atoms with Crippen LogP contribution in [0, 0.1) is 11.8 Å². The Kier molecular flexibility index (Phi) is 7.33. The van der Waals surface area contributed by atoms with Crippen molar-refractivity contribution in [2.24, 2.45) is 11.8 Å². The third-order valence-electron chi connectivity index (χ3n) is 6.23. The minimum atomic E-state index is -3.47. The van der Waals surface area contributed by atoms with Crippen LogP contribution < -0.4 is 5.32 Å². The molecule has 3 fully saturated rings. The number of piperidine rings is 2. The summed E-state index contributed by atoms with van der Waals surface area (Å²) in [5.74, 6) is 0.411. The highest BCUT2D eigenvalue weighted by Crippen LogP contribution is 2.25. The average Bonchev–Trinajstić information content (AvgIpc) is 3.10. The summed E-state index contributed by atoms with van der Waals surface area (Å²) in [5.41, 5.74) is 0. The van der Waals surface area contributed by atoms with E-state index in [-0.39, 0.29) is 24.3 Å². The Balaban J connectivity index is 1.44. The van der Waals surface area contributed by atoms with Crippen molar-refractivity contribution in [2.75, 3.05) is 45.8 Å². The van der Waals surface area contributed by atoms with E-state index in [1.165, 1.54) is 4.31 Å². The second kappa shape index (κ2) is 9.54. The third-order valence-corrected chi connectivity index (χ3v) is 8.23. The van der Waals surface area contributed by atoms with Crippen LogP contribution in [0.4, 0.5) is 0 Å². The van der Waals surface area contributed by atoms with E-state index in [2.05, 4.69) is 12.2 Å². The first-order valence-corrected chi connectivity index (χ1v) is 12.1. The molecule has 1 N–H and O–H groups in total. The molecule has 0 aromatic rings. The first-order chi connectivity index (χ1) is 13.4. The molecule has 9 heteroatoms. The van der Waals surface area contributed by atoms with Crippen LogP contribution in [0.5, 0.6) is 0 Å². The Labute approximate surface area is 168 Å². The molecule has 0 spiro atoms. The lowest BCUT2D eigenvalue weighted by atomic mass is 9.99. The van der Waals surface area contributed by atoms with Crippen LogP contribution in [0.2, 0.25) is 0 Å². The van der Waals surface area contributed by atoms with Crippen LogP contribution in [-0.4, -0.2) is 79.6 Å². The number of nitrogens with one attached hydrogen (secondary N) is 1. The van der Waals surface area contributed by atoms with Crippen LogP contribution in [0.25, 0.3) is 0 Å². The van der Waals surface area contributed by atoms with Gasteiger partial charge in [0.1, 0.15) is 0 Å². The van der Waals surface area contributed by atoms with Gasteiger partial charge in [-0.3, -0.25) is 9.59 Å². The topological polar surface area (TPSA) is 90.0 Å². The van der Waals surface area contributed by atoms with Gasteiger partial charge in [-0.15, -0.1) is 0 Å². The number of carbonyl (C=O) groups is 2. The van der Waals surface area contributed by atoms with Gasteiger partial charge < -0.3 is 10.2 Å². The van der Waals surface area contributed by atoms with E-state index >= 15 is 0 Å². The molecule has 0 aromatic carbocycles. The Hall–Kier alpha value is -1.19. The molecule has 0 aliphatic carbocycles. The lowest BCUT2D eigenvalue weighted by molar-refractivity contribution is -0.127. The van der Waals surface area contributed by atoms with Crippen LogP contribution in [0.15, 0.2) is 0 Å². The predicted octanol–water partition coefficient (Wildman–Crippen LogP) is 0.804. The maximum absolute atomic E-state index is 12.9. The van der Waals surface area contributed by atoms with Crippen molar-refractivity contribution >= 4 is 22.0 Å². The van der Waals surface area contributed by atoms with E-state index in [4.69, 9.17) is 0 Å². The number of likely N-dealkylation sites (tertiary alicyclic amines) is 1. The van der Waals surface area contributed by atoms with Crippen LogP contribution in [0.3, 0.4) is 0 Å². The fourth-order valence-corrected chi connectivity index (χ4v) is 6.04. The average molecular weight is 415 g/mol. The molecule has 0 unspecified atom stereocenters. The number of hydrogen-bond donors (Lipinski definition) is 1. The van der Waals surface area contributed by atoms with Crippen LogP contribution >= 0.6 is 0 Å². The van der Waals surface area contributed by atoms with Crippen LogP contribution in [0.1, 0.15) is 51.9 Å². The van der Waals surface area contributed by atoms with Gasteiger partial charge in [0, 0.05) is 52.2 Å². The minimum Gasteiger partial charge on any atom is -0.356 e. The zero-order valence-electron chi connectivity index (χ0n) is 16.9. The van der Waals surface area contributed by atoms with E-state index < -0.39 is 10.2 Å². The molecule has 0 saturated carbocycles. The van der Waals surface area contributed by atoms with Crippen molar-refractivity contribution in [2.45, 2.75) is 51.9 Å². The quantitative estimate of drug-likeness (QED) is 0.624. The van der Waals surface area contributed by atoms with Gasteiger partial charge in [-0.2, -0.15) is 17.0 Å². The molecule has 3 aliphatic rings. The van der Waals surface area contributed by atoms with Gasteiger partial charge in [0.05, 0.1) is 5.92 Å². The highest BCUT2D eigenvalue weighted by molar-refractivity contribution is 7.86. The fourth-order valence-electron chi connectivity index (χ4n) is 4.31. The number of hydrogen-bond acceptors (Lipinski definition) is 4. The summed E-state index contributed by atoms with van der Waals surface area (Å²) in [7, 11) is -3.47. The molecule has 3 heterocycles. The summed E-state index contributed by atoms with van der Waals surface area (Å²) >= 11 is 0. The van der Waals surface area contributed by atoms with Crippen molar-refractivity contribution in [3.8, 4) is 0 Å². The first-order valence-electron chi connectivity index (χ1n) is 10.7. The number of nitrogens with zero attached hydrogens (tertiary/aromatic N) is 3. The highest BCUT2D eigenvalue weighted by atomic mass is 32.2. The molecule has 28 heavy (non-hydrogen) atoms. The summed E-state index contributed by atoms with van der Waals surface area (Å²) in [4.78, 5) is 26.0. The molecule has 0 aromatic heterocycles. The normalized spacial score (nSPS) is 26.0. The van der Waals surface area contributed by atoms with Gasteiger partial charge in [0.15, 0.2) is 0 Å². The molecule has 3 saturated heterocycles. The summed E-state index contributed by atoms with van der Waals surface area (Å²) in [5, 5.41) is 2.94. The molecule has 8 nitrogen and oxygen atoms in total. The first kappa shape index (κ1) is 21.5. The van der Waals surface area contributed by atoms with E-state index in [0.29, 0.717) is 51.5 Å². The van der Waals surface area contributed by atoms with E-state index in [0.717, 1.165) is 38.6 Å². The maximum atomic E-state index is 12.9. The van der Waals surface area contributed by atoms with E-state index in [1.807, 2.05) is 4.90 Å². The van der Waals surface area contributed by atoms with Crippen molar-refractivity contribution in [3.63, 3.8) is 0 Å². The van der Waals surface area contributed by atoms with Gasteiger partial charge in [-0.05, 0) is 44.4 Å². The predicted molar refractivity (Wildman–Crippen MR) is 107 cm³/mol. The molecular formula is C19H34N4O4S. The second-order valence-corrected chi connectivity index (χ2v) is 10.3. The van der Waals surface area contributed by atoms with Gasteiger partial charge in [0.2, 0.25) is 11.8 Å². The molecule has 0 bridgehead atoms. The lowest BCUT2D eigenvalue weighted by Crippen LogP contribution is -2.52. The monoisotopic (exact) mass is 414 g/mol. The summed E-state index contributed by atoms with van der Waals surface area (Å²) in [6.07, 6.45) is 5.52. The van der Waals surface area contributed by atoms with E-state index in [9.17, 15) is 18.0 Å². The third kappa shape index (κ3) is 5.24. The Morgan fingerprint density at radius 3 is 2.50 bits per heavy atom. The Bertz CT molecular complexity index is 661. The summed E-state index contributed by atoms with van der Waals surface area (Å²) in [6.45, 7) is 6.09. The van der Waals surface area contributed by atoms with Gasteiger partial charge in [-0.25, -0.2) is 0 Å². The molecule has 3 rings (SSSR count). The molecule has 0 radical (unpaired) electrons. The number of carbonyl (C=O) groups excluding carboxylic acids is 2. The van der Waals surface area contributed by atoms with Crippen LogP contribution in [-0.2, 0) is 19.8 Å². The molecule has 1 atom stereocenters. The standard InChI is InChI=1S/C19H34N4O4S/c1-16-7-13-22(14-8-16)28(26,27)23-12-2-5-17(15-23)19(25)20-9-4-11-21-10-3-6-18(21)24/h16-17H,2-15H2,1H3,(H,20,25)/t17-/m0/s1. The fraction of sp³-hybridized carbons (Fsp3) is 0.895. The van der Waals surface area contributed by atoms with E-state index in [1.54, 1.807) is 4.31 Å². The molecule has 160 valence electrons. The minimum absolute atomic E-state index is 0.0695. The zero-order valence-corrected chi connectivity index (χ0v) is 17.8. The van der Waals surface area contributed by atoms with Crippen molar-refractivity contribution in [1.82, 2.24) is 18.8 Å². The van der Waals surface area contributed by atoms with Gasteiger partial charge >= 0.3 is 0 Å². The molecular weight excluding hydrogens is 380 g/mol. The largest absolute Gasteiger partial charge is 0.356 e. The smallest absolute Gasteiger partial charge is 0.281 e. The molecule has 3 aliphatic heterocycles. The summed E-state index contributed by atoms with van der Waals surface area (Å²) in [6, 6.07) is 0. The maximum Gasteiger partial charge on any atom is 0.281 e. The van der Waals surface area contributed by atoms with Crippen molar-refractivity contribution in [3.05, 3.63) is 0 Å². The van der Waals surface area contributed by atoms with Crippen molar-refractivity contribution in [1.29, 1.82) is 0 Å². The SMILES string of the molecule is CC1CCN(S(=O)(=O)N2CCC[C@H](C(=O)NCCCN3CCCC3=O)C2)CC1. The Morgan fingerprint density at radius 1 is 1.07 bits per heavy atom. The van der Waals surface area contributed by atoms with Gasteiger partial charge in [0.25, 0.3) is 10.2 Å². The second-order valence-electron chi connectivity index (χ2n) is 8.42. The highest BCUT2D eigenvalue weighted by Gasteiger charge is 2.36. The lowest BCUT2D eigenvalue weighted by Gasteiger charge is -2.37. The number of rotatable bonds is 7. The summed E-state index contributed by atoms with van der Waals surface area (Å²) < 4.78 is 29.0. The Morgan fingerprint density at radius 2 is 1.82 bits per heavy atom. The zero-order chi connectivity index (χ0) is 20.1.